The number of hydrogen-bond donors (Lipinski definition) is 1. The number of methoxy groups -OCH3 is 1. The Hall–Kier alpha value is -1.88. The van der Waals surface area contributed by atoms with Gasteiger partial charge in [0.2, 0.25) is 5.88 Å². The van der Waals surface area contributed by atoms with E-state index in [0.717, 1.165) is 12.3 Å². The summed E-state index contributed by atoms with van der Waals surface area (Å²) in [6, 6.07) is 3.80. The van der Waals surface area contributed by atoms with Crippen LogP contribution in [0.4, 0.5) is 0 Å². The number of ether oxygens (including phenoxy) is 1. The van der Waals surface area contributed by atoms with Crippen molar-refractivity contribution in [3.8, 4) is 17.3 Å². The zero-order valence-electron chi connectivity index (χ0n) is 9.93. The van der Waals surface area contributed by atoms with E-state index in [1.165, 1.54) is 0 Å². The fraction of sp³-hybridized carbons (Fsp3) is 0.333. The maximum atomic E-state index is 5.67. The average Bonchev–Trinajstić information content (AvgIpc) is 2.85. The maximum absolute atomic E-state index is 5.67. The van der Waals surface area contributed by atoms with E-state index < -0.39 is 0 Å². The van der Waals surface area contributed by atoms with Crippen molar-refractivity contribution in [2.45, 2.75) is 13.5 Å². The summed E-state index contributed by atoms with van der Waals surface area (Å²) in [7, 11) is 1.57. The van der Waals surface area contributed by atoms with E-state index >= 15 is 0 Å². The van der Waals surface area contributed by atoms with Crippen LogP contribution in [-0.2, 0) is 6.54 Å². The molecule has 0 atom stereocenters. The first kappa shape index (κ1) is 11.6. The molecule has 2 heterocycles. The van der Waals surface area contributed by atoms with Gasteiger partial charge in [-0.3, -0.25) is 0 Å². The number of rotatable bonds is 5. The van der Waals surface area contributed by atoms with Gasteiger partial charge in [-0.25, -0.2) is 9.97 Å². The first-order chi connectivity index (χ1) is 8.35. The Labute approximate surface area is 99.8 Å². The molecule has 0 bridgehead atoms. The lowest BCUT2D eigenvalue weighted by atomic mass is 10.3. The summed E-state index contributed by atoms with van der Waals surface area (Å²) in [5.41, 5.74) is 0.623. The van der Waals surface area contributed by atoms with Crippen molar-refractivity contribution in [1.82, 2.24) is 15.3 Å². The van der Waals surface area contributed by atoms with Crippen molar-refractivity contribution in [3.05, 3.63) is 30.3 Å². The van der Waals surface area contributed by atoms with Gasteiger partial charge in [0, 0.05) is 12.4 Å². The molecule has 2 aromatic heterocycles. The van der Waals surface area contributed by atoms with Gasteiger partial charge >= 0.3 is 0 Å². The number of nitrogens with zero attached hydrogens (tertiary/aromatic N) is 2. The van der Waals surface area contributed by atoms with Crippen LogP contribution in [0.3, 0.4) is 0 Å². The van der Waals surface area contributed by atoms with E-state index in [-0.39, 0.29) is 0 Å². The van der Waals surface area contributed by atoms with E-state index in [4.69, 9.17) is 9.15 Å². The molecule has 0 aliphatic rings. The lowest BCUT2D eigenvalue weighted by molar-refractivity contribution is 0.395. The number of nitrogens with one attached hydrogen (secondary N) is 1. The zero-order valence-corrected chi connectivity index (χ0v) is 9.93. The standard InChI is InChI=1S/C12H15N3O2/c1-3-13-8-9-4-5-10(17-9)11-12(16-2)15-7-6-14-11/h4-7,13H,3,8H2,1-2H3. The molecule has 0 aliphatic carbocycles. The minimum atomic E-state index is 0.469. The second-order valence-corrected chi connectivity index (χ2v) is 3.46. The van der Waals surface area contributed by atoms with Crippen molar-refractivity contribution >= 4 is 0 Å². The molecule has 5 nitrogen and oxygen atoms in total. The van der Waals surface area contributed by atoms with Crippen LogP contribution in [0.2, 0.25) is 0 Å². The van der Waals surface area contributed by atoms with Crippen LogP contribution in [0, 0.1) is 0 Å². The van der Waals surface area contributed by atoms with Gasteiger partial charge in [-0.05, 0) is 18.7 Å². The van der Waals surface area contributed by atoms with Crippen molar-refractivity contribution in [2.24, 2.45) is 0 Å². The van der Waals surface area contributed by atoms with Crippen LogP contribution in [-0.4, -0.2) is 23.6 Å². The highest BCUT2D eigenvalue weighted by molar-refractivity contribution is 5.58. The number of furan rings is 1. The summed E-state index contributed by atoms with van der Waals surface area (Å²) in [5, 5.41) is 3.20. The van der Waals surface area contributed by atoms with Gasteiger partial charge in [-0.1, -0.05) is 6.92 Å². The Morgan fingerprint density at radius 2 is 2.12 bits per heavy atom. The molecule has 17 heavy (non-hydrogen) atoms. The molecule has 0 saturated carbocycles. The fourth-order valence-corrected chi connectivity index (χ4v) is 1.49. The van der Waals surface area contributed by atoms with Crippen LogP contribution in [0.25, 0.3) is 11.5 Å². The Morgan fingerprint density at radius 3 is 2.88 bits per heavy atom. The number of aromatic nitrogens is 2. The topological polar surface area (TPSA) is 60.2 Å². The molecule has 0 aliphatic heterocycles. The highest BCUT2D eigenvalue weighted by Crippen LogP contribution is 2.26. The molecule has 0 saturated heterocycles. The molecule has 0 radical (unpaired) electrons. The lowest BCUT2D eigenvalue weighted by Crippen LogP contribution is -2.10. The predicted octanol–water partition coefficient (Wildman–Crippen LogP) is 1.85. The Bertz CT molecular complexity index is 482. The highest BCUT2D eigenvalue weighted by atomic mass is 16.5. The summed E-state index contributed by atoms with van der Waals surface area (Å²) < 4.78 is 10.8. The first-order valence-electron chi connectivity index (χ1n) is 5.50. The van der Waals surface area contributed by atoms with Crippen molar-refractivity contribution in [3.63, 3.8) is 0 Å². The van der Waals surface area contributed by atoms with Gasteiger partial charge < -0.3 is 14.5 Å². The number of hydrogen-bond acceptors (Lipinski definition) is 5. The second kappa shape index (κ2) is 5.45. The minimum absolute atomic E-state index is 0.469. The smallest absolute Gasteiger partial charge is 0.243 e. The molecule has 0 fully saturated rings. The Kier molecular flexibility index (Phi) is 3.72. The monoisotopic (exact) mass is 233 g/mol. The maximum Gasteiger partial charge on any atom is 0.243 e. The van der Waals surface area contributed by atoms with Gasteiger partial charge in [0.25, 0.3) is 0 Å². The largest absolute Gasteiger partial charge is 0.479 e. The highest BCUT2D eigenvalue weighted by Gasteiger charge is 2.12. The fourth-order valence-electron chi connectivity index (χ4n) is 1.49. The third-order valence-corrected chi connectivity index (χ3v) is 2.30. The molecule has 0 amide bonds. The summed E-state index contributed by atoms with van der Waals surface area (Å²) >= 11 is 0. The molecule has 0 aromatic carbocycles. The minimum Gasteiger partial charge on any atom is -0.479 e. The first-order valence-corrected chi connectivity index (χ1v) is 5.50. The summed E-state index contributed by atoms with van der Waals surface area (Å²) in [5.74, 6) is 2.01. The van der Waals surface area contributed by atoms with Crippen molar-refractivity contribution in [2.75, 3.05) is 13.7 Å². The van der Waals surface area contributed by atoms with E-state index in [9.17, 15) is 0 Å². The van der Waals surface area contributed by atoms with Crippen LogP contribution in [0.5, 0.6) is 5.88 Å². The molecular formula is C12H15N3O2. The lowest BCUT2D eigenvalue weighted by Gasteiger charge is -2.02. The van der Waals surface area contributed by atoms with Gasteiger partial charge in [-0.2, -0.15) is 0 Å². The van der Waals surface area contributed by atoms with E-state index in [2.05, 4.69) is 22.2 Å². The average molecular weight is 233 g/mol. The van der Waals surface area contributed by atoms with Crippen LogP contribution in [0.1, 0.15) is 12.7 Å². The quantitative estimate of drug-likeness (QED) is 0.854. The summed E-state index contributed by atoms with van der Waals surface area (Å²) in [6.07, 6.45) is 3.20. The van der Waals surface area contributed by atoms with Crippen molar-refractivity contribution in [1.29, 1.82) is 0 Å². The molecule has 2 rings (SSSR count). The molecule has 2 aromatic rings. The SMILES string of the molecule is CCNCc1ccc(-c2nccnc2OC)o1. The molecule has 0 unspecified atom stereocenters. The summed E-state index contributed by atoms with van der Waals surface area (Å²) in [4.78, 5) is 8.30. The van der Waals surface area contributed by atoms with Crippen molar-refractivity contribution < 1.29 is 9.15 Å². The molecule has 5 heteroatoms. The molecule has 1 N–H and O–H groups in total. The normalized spacial score (nSPS) is 10.5. The Balaban J connectivity index is 2.24. The van der Waals surface area contributed by atoms with Gasteiger partial charge in [0.1, 0.15) is 5.76 Å². The second-order valence-electron chi connectivity index (χ2n) is 3.46. The Morgan fingerprint density at radius 1 is 1.29 bits per heavy atom. The predicted molar refractivity (Wildman–Crippen MR) is 63.7 cm³/mol. The van der Waals surface area contributed by atoms with Crippen LogP contribution >= 0.6 is 0 Å². The van der Waals surface area contributed by atoms with E-state index in [1.807, 2.05) is 12.1 Å². The third-order valence-electron chi connectivity index (χ3n) is 2.30. The summed E-state index contributed by atoms with van der Waals surface area (Å²) in [6.45, 7) is 3.67. The van der Waals surface area contributed by atoms with E-state index in [1.54, 1.807) is 19.5 Å². The van der Waals surface area contributed by atoms with Gasteiger partial charge in [-0.15, -0.1) is 0 Å². The van der Waals surface area contributed by atoms with Crippen LogP contribution in [0.15, 0.2) is 28.9 Å². The van der Waals surface area contributed by atoms with Gasteiger partial charge in [0.05, 0.1) is 13.7 Å². The third kappa shape index (κ3) is 2.62. The van der Waals surface area contributed by atoms with Gasteiger partial charge in [0.15, 0.2) is 11.5 Å². The molecule has 90 valence electrons. The molecule has 0 spiro atoms. The van der Waals surface area contributed by atoms with Crippen LogP contribution < -0.4 is 10.1 Å². The van der Waals surface area contributed by atoms with E-state index in [0.29, 0.717) is 23.9 Å². The zero-order chi connectivity index (χ0) is 12.1. The molecular weight excluding hydrogens is 218 g/mol.